The largest absolute Gasteiger partial charge is 0.312 e. The summed E-state index contributed by atoms with van der Waals surface area (Å²) in [4.78, 5) is 38.5. The lowest BCUT2D eigenvalue weighted by atomic mass is 10.1. The third kappa shape index (κ3) is 3.94. The zero-order valence-corrected chi connectivity index (χ0v) is 15.7. The minimum atomic E-state index is -0.804. The highest BCUT2D eigenvalue weighted by Crippen LogP contribution is 2.25. The summed E-state index contributed by atoms with van der Waals surface area (Å²) in [6.07, 6.45) is 0.409. The monoisotopic (exact) mass is 415 g/mol. The van der Waals surface area contributed by atoms with E-state index >= 15 is 0 Å². The fourth-order valence-electron chi connectivity index (χ4n) is 2.78. The molecule has 3 rings (SSSR count). The number of nitrogens with zero attached hydrogens (tertiary/aromatic N) is 1. The number of benzene rings is 2. The van der Waals surface area contributed by atoms with Gasteiger partial charge in [-0.2, -0.15) is 0 Å². The molecule has 1 aliphatic rings. The first kappa shape index (κ1) is 18.1. The van der Waals surface area contributed by atoms with E-state index in [1.165, 1.54) is 0 Å². The molecule has 1 heterocycles. The Morgan fingerprint density at radius 2 is 1.69 bits per heavy atom. The van der Waals surface area contributed by atoms with Crippen LogP contribution in [0.2, 0.25) is 0 Å². The topological polar surface area (TPSA) is 78.5 Å². The van der Waals surface area contributed by atoms with Crippen molar-refractivity contribution >= 4 is 39.3 Å². The van der Waals surface area contributed by atoms with Crippen LogP contribution in [0.1, 0.15) is 22.3 Å². The molecule has 134 valence electrons. The molecule has 2 N–H and O–H groups in total. The van der Waals surface area contributed by atoms with E-state index in [4.69, 9.17) is 0 Å². The second-order valence-electron chi connectivity index (χ2n) is 6.12. The van der Waals surface area contributed by atoms with Gasteiger partial charge in [0.05, 0.1) is 0 Å². The number of halogens is 1. The summed E-state index contributed by atoms with van der Waals surface area (Å²) in [6, 6.07) is 14.3. The van der Waals surface area contributed by atoms with Crippen LogP contribution in [-0.4, -0.2) is 24.3 Å². The van der Waals surface area contributed by atoms with E-state index in [0.717, 1.165) is 15.7 Å². The van der Waals surface area contributed by atoms with E-state index < -0.39 is 17.7 Å². The normalized spacial score (nSPS) is 16.5. The number of nitrogens with one attached hydrogen (secondary N) is 2. The molecule has 1 aliphatic heterocycles. The summed E-state index contributed by atoms with van der Waals surface area (Å²) in [5.41, 5.74) is 6.99. The maximum atomic E-state index is 12.5. The lowest BCUT2D eigenvalue weighted by molar-refractivity contribution is -0.132. The highest BCUT2D eigenvalue weighted by Gasteiger charge is 2.37. The van der Waals surface area contributed by atoms with E-state index in [2.05, 4.69) is 26.8 Å². The summed E-state index contributed by atoms with van der Waals surface area (Å²) in [6.45, 7) is 2.45. The molecule has 0 radical (unpaired) electrons. The van der Waals surface area contributed by atoms with Crippen LogP contribution in [0.5, 0.6) is 0 Å². The standard InChI is InChI=1S/C19H18BrN3O3/c1-12-2-8-15(9-3-12)23-11-10-16(19(23)26)18(25)22-21-17(24)13-4-6-14(20)7-5-13/h2-9,16H,10-11H2,1H3,(H,21,24)(H,22,25). The second kappa shape index (κ2) is 7.70. The van der Waals surface area contributed by atoms with Crippen molar-refractivity contribution in [2.75, 3.05) is 11.4 Å². The van der Waals surface area contributed by atoms with Crippen LogP contribution in [0.4, 0.5) is 5.69 Å². The van der Waals surface area contributed by atoms with E-state index in [-0.39, 0.29) is 5.91 Å². The maximum absolute atomic E-state index is 12.5. The highest BCUT2D eigenvalue weighted by molar-refractivity contribution is 9.10. The van der Waals surface area contributed by atoms with Crippen LogP contribution >= 0.6 is 15.9 Å². The first-order chi connectivity index (χ1) is 12.5. The van der Waals surface area contributed by atoms with Crippen LogP contribution in [0.3, 0.4) is 0 Å². The fourth-order valence-corrected chi connectivity index (χ4v) is 3.05. The molecule has 0 spiro atoms. The van der Waals surface area contributed by atoms with Crippen molar-refractivity contribution in [3.63, 3.8) is 0 Å². The first-order valence-corrected chi connectivity index (χ1v) is 8.99. The van der Waals surface area contributed by atoms with Gasteiger partial charge in [-0.1, -0.05) is 33.6 Å². The molecular weight excluding hydrogens is 398 g/mol. The predicted octanol–water partition coefficient (Wildman–Crippen LogP) is 2.57. The highest BCUT2D eigenvalue weighted by atomic mass is 79.9. The zero-order chi connectivity index (χ0) is 18.7. The lowest BCUT2D eigenvalue weighted by Gasteiger charge is -2.17. The van der Waals surface area contributed by atoms with Crippen LogP contribution in [-0.2, 0) is 9.59 Å². The molecular formula is C19H18BrN3O3. The van der Waals surface area contributed by atoms with Gasteiger partial charge in [-0.15, -0.1) is 0 Å². The summed E-state index contributed by atoms with van der Waals surface area (Å²) < 4.78 is 0.853. The third-order valence-corrected chi connectivity index (χ3v) is 4.80. The number of hydrogen-bond acceptors (Lipinski definition) is 3. The molecule has 3 amide bonds. The van der Waals surface area contributed by atoms with Gasteiger partial charge in [-0.05, 0) is 49.7 Å². The van der Waals surface area contributed by atoms with E-state index in [9.17, 15) is 14.4 Å². The number of carbonyl (C=O) groups excluding carboxylic acids is 3. The molecule has 0 aliphatic carbocycles. The molecule has 1 unspecified atom stereocenters. The summed E-state index contributed by atoms with van der Waals surface area (Å²) in [5.74, 6) is -2.01. The van der Waals surface area contributed by atoms with E-state index in [1.54, 1.807) is 29.2 Å². The zero-order valence-electron chi connectivity index (χ0n) is 14.2. The summed E-state index contributed by atoms with van der Waals surface area (Å²) in [7, 11) is 0. The molecule has 1 atom stereocenters. The van der Waals surface area contributed by atoms with Crippen molar-refractivity contribution in [3.8, 4) is 0 Å². The Morgan fingerprint density at radius 1 is 1.04 bits per heavy atom. The lowest BCUT2D eigenvalue weighted by Crippen LogP contribution is -2.46. The molecule has 6 nitrogen and oxygen atoms in total. The van der Waals surface area contributed by atoms with Crippen molar-refractivity contribution < 1.29 is 14.4 Å². The van der Waals surface area contributed by atoms with Gasteiger partial charge in [0.15, 0.2) is 0 Å². The quantitative estimate of drug-likeness (QED) is 0.597. The number of amides is 3. The minimum Gasteiger partial charge on any atom is -0.312 e. The van der Waals surface area contributed by atoms with Gasteiger partial charge in [-0.3, -0.25) is 25.2 Å². The Kier molecular flexibility index (Phi) is 5.37. The van der Waals surface area contributed by atoms with Gasteiger partial charge in [0.1, 0.15) is 5.92 Å². The molecule has 1 fully saturated rings. The molecule has 0 aromatic heterocycles. The molecule has 26 heavy (non-hydrogen) atoms. The smallest absolute Gasteiger partial charge is 0.269 e. The van der Waals surface area contributed by atoms with Crippen LogP contribution in [0, 0.1) is 12.8 Å². The van der Waals surface area contributed by atoms with Crippen molar-refractivity contribution in [3.05, 3.63) is 64.1 Å². The molecule has 0 bridgehead atoms. The van der Waals surface area contributed by atoms with Crippen molar-refractivity contribution in [2.24, 2.45) is 5.92 Å². The molecule has 7 heteroatoms. The summed E-state index contributed by atoms with van der Waals surface area (Å²) in [5, 5.41) is 0. The average molecular weight is 416 g/mol. The Morgan fingerprint density at radius 3 is 2.35 bits per heavy atom. The molecule has 0 saturated carbocycles. The Hall–Kier alpha value is -2.67. The van der Waals surface area contributed by atoms with Crippen LogP contribution < -0.4 is 15.8 Å². The van der Waals surface area contributed by atoms with E-state index in [0.29, 0.717) is 18.5 Å². The van der Waals surface area contributed by atoms with Crippen LogP contribution in [0.15, 0.2) is 53.0 Å². The minimum absolute atomic E-state index is 0.260. The third-order valence-electron chi connectivity index (χ3n) is 4.27. The summed E-state index contributed by atoms with van der Waals surface area (Å²) >= 11 is 3.29. The Bertz CT molecular complexity index is 834. The number of carbonyl (C=O) groups is 3. The van der Waals surface area contributed by atoms with Gasteiger partial charge in [0, 0.05) is 22.3 Å². The SMILES string of the molecule is Cc1ccc(N2CCC(C(=O)NNC(=O)c3ccc(Br)cc3)C2=O)cc1. The van der Waals surface area contributed by atoms with Crippen molar-refractivity contribution in [2.45, 2.75) is 13.3 Å². The van der Waals surface area contributed by atoms with Gasteiger partial charge < -0.3 is 4.90 Å². The Labute approximate surface area is 159 Å². The van der Waals surface area contributed by atoms with Gasteiger partial charge in [-0.25, -0.2) is 0 Å². The maximum Gasteiger partial charge on any atom is 0.269 e. The molecule has 2 aromatic carbocycles. The van der Waals surface area contributed by atoms with Gasteiger partial charge in [0.25, 0.3) is 11.8 Å². The van der Waals surface area contributed by atoms with Gasteiger partial charge >= 0.3 is 0 Å². The number of aryl methyl sites for hydroxylation is 1. The first-order valence-electron chi connectivity index (χ1n) is 8.19. The average Bonchev–Trinajstić information content (AvgIpc) is 3.02. The van der Waals surface area contributed by atoms with Crippen molar-refractivity contribution in [1.29, 1.82) is 0 Å². The van der Waals surface area contributed by atoms with Crippen molar-refractivity contribution in [1.82, 2.24) is 10.9 Å². The van der Waals surface area contributed by atoms with Crippen LogP contribution in [0.25, 0.3) is 0 Å². The number of anilines is 1. The Balaban J connectivity index is 1.58. The molecule has 1 saturated heterocycles. The number of rotatable bonds is 3. The van der Waals surface area contributed by atoms with Gasteiger partial charge in [0.2, 0.25) is 5.91 Å². The number of hydrazine groups is 1. The van der Waals surface area contributed by atoms with E-state index in [1.807, 2.05) is 31.2 Å². The second-order valence-corrected chi connectivity index (χ2v) is 7.03. The number of hydrogen-bond donors (Lipinski definition) is 2. The predicted molar refractivity (Wildman–Crippen MR) is 101 cm³/mol. The molecule has 2 aromatic rings. The fraction of sp³-hybridized carbons (Fsp3) is 0.211.